The molecule has 0 unspecified atom stereocenters. The molecule has 0 aliphatic heterocycles. The second-order valence-electron chi connectivity index (χ2n) is 5.95. The highest BCUT2D eigenvalue weighted by molar-refractivity contribution is 7.92. The molecule has 140 valence electrons. The summed E-state index contributed by atoms with van der Waals surface area (Å²) in [5.74, 6) is 0.292. The Morgan fingerprint density at radius 2 is 1.59 bits per heavy atom. The van der Waals surface area contributed by atoms with Crippen LogP contribution in [0.5, 0.6) is 5.75 Å². The number of methoxy groups -OCH3 is 1. The van der Waals surface area contributed by atoms with Crippen LogP contribution in [0.25, 0.3) is 0 Å². The van der Waals surface area contributed by atoms with Gasteiger partial charge in [0.15, 0.2) is 0 Å². The van der Waals surface area contributed by atoms with E-state index >= 15 is 0 Å². The van der Waals surface area contributed by atoms with Crippen LogP contribution in [0.2, 0.25) is 0 Å². The summed E-state index contributed by atoms with van der Waals surface area (Å²) in [7, 11) is -2.18. The number of aryl methyl sites for hydroxylation is 1. The maximum Gasteiger partial charge on any atom is 0.261 e. The maximum absolute atomic E-state index is 13.2. The number of halogens is 1. The Hall–Kier alpha value is -3.06. The largest absolute Gasteiger partial charge is 0.496 e. The van der Waals surface area contributed by atoms with Crippen LogP contribution in [0.4, 0.5) is 21.5 Å². The van der Waals surface area contributed by atoms with E-state index in [1.165, 1.54) is 25.3 Å². The first-order chi connectivity index (χ1) is 12.9. The number of anilines is 3. The van der Waals surface area contributed by atoms with Gasteiger partial charge in [-0.25, -0.2) is 12.8 Å². The van der Waals surface area contributed by atoms with E-state index in [-0.39, 0.29) is 10.7 Å². The third kappa shape index (κ3) is 4.57. The molecule has 0 fully saturated rings. The van der Waals surface area contributed by atoms with Crippen molar-refractivity contribution in [1.82, 2.24) is 0 Å². The van der Waals surface area contributed by atoms with Crippen molar-refractivity contribution in [1.29, 1.82) is 0 Å². The first-order valence-electron chi connectivity index (χ1n) is 8.17. The fourth-order valence-corrected chi connectivity index (χ4v) is 3.73. The van der Waals surface area contributed by atoms with Crippen molar-refractivity contribution in [3.05, 3.63) is 78.1 Å². The standard InChI is InChI=1S/C20H19FN2O3S/c1-14-12-19(10-11-20(14)26-2)27(24,25)23-17-8-6-16(7-9-17)22-18-5-3-4-15(21)13-18/h3-13,22-23H,1-2H3. The molecule has 0 atom stereocenters. The van der Waals surface area contributed by atoms with Crippen LogP contribution in [0.1, 0.15) is 5.56 Å². The molecule has 0 aliphatic carbocycles. The monoisotopic (exact) mass is 386 g/mol. The van der Waals surface area contributed by atoms with Crippen molar-refractivity contribution in [2.45, 2.75) is 11.8 Å². The van der Waals surface area contributed by atoms with E-state index in [0.717, 1.165) is 5.56 Å². The van der Waals surface area contributed by atoms with Gasteiger partial charge < -0.3 is 10.1 Å². The van der Waals surface area contributed by atoms with E-state index in [4.69, 9.17) is 4.74 Å². The smallest absolute Gasteiger partial charge is 0.261 e. The van der Waals surface area contributed by atoms with Gasteiger partial charge in [0.2, 0.25) is 0 Å². The first kappa shape index (κ1) is 18.7. The van der Waals surface area contributed by atoms with E-state index in [1.54, 1.807) is 55.5 Å². The number of benzene rings is 3. The normalized spacial score (nSPS) is 11.1. The predicted octanol–water partition coefficient (Wildman–Crippen LogP) is 4.69. The van der Waals surface area contributed by atoms with Gasteiger partial charge in [-0.3, -0.25) is 4.72 Å². The van der Waals surface area contributed by atoms with E-state index in [0.29, 0.717) is 22.8 Å². The minimum Gasteiger partial charge on any atom is -0.496 e. The number of hydrogen-bond acceptors (Lipinski definition) is 4. The lowest BCUT2D eigenvalue weighted by Crippen LogP contribution is -2.13. The van der Waals surface area contributed by atoms with Gasteiger partial charge >= 0.3 is 0 Å². The summed E-state index contributed by atoms with van der Waals surface area (Å²) in [5, 5.41) is 3.06. The van der Waals surface area contributed by atoms with Crippen molar-refractivity contribution in [2.24, 2.45) is 0 Å². The summed E-state index contributed by atoms with van der Waals surface area (Å²) in [5.41, 5.74) is 2.48. The summed E-state index contributed by atoms with van der Waals surface area (Å²) in [6.07, 6.45) is 0. The van der Waals surface area contributed by atoms with Gasteiger partial charge in [0.25, 0.3) is 10.0 Å². The van der Waals surface area contributed by atoms with Gasteiger partial charge in [-0.2, -0.15) is 0 Å². The second kappa shape index (κ2) is 7.67. The molecule has 3 rings (SSSR count). The van der Waals surface area contributed by atoms with Crippen LogP contribution in [0.15, 0.2) is 71.6 Å². The molecule has 3 aromatic rings. The number of sulfonamides is 1. The molecule has 5 nitrogen and oxygen atoms in total. The second-order valence-corrected chi connectivity index (χ2v) is 7.63. The molecule has 0 aromatic heterocycles. The molecule has 0 bridgehead atoms. The molecule has 0 spiro atoms. The lowest BCUT2D eigenvalue weighted by Gasteiger charge is -2.12. The Balaban J connectivity index is 1.74. The van der Waals surface area contributed by atoms with Gasteiger partial charge in [0, 0.05) is 17.1 Å². The first-order valence-corrected chi connectivity index (χ1v) is 9.66. The minimum atomic E-state index is -3.71. The SMILES string of the molecule is COc1ccc(S(=O)(=O)Nc2ccc(Nc3cccc(F)c3)cc2)cc1C. The van der Waals surface area contributed by atoms with Crippen LogP contribution in [-0.4, -0.2) is 15.5 Å². The molecule has 0 radical (unpaired) electrons. The fraction of sp³-hybridized carbons (Fsp3) is 0.100. The average Bonchev–Trinajstić information content (AvgIpc) is 2.63. The molecule has 3 aromatic carbocycles. The highest BCUT2D eigenvalue weighted by Crippen LogP contribution is 2.24. The molecule has 0 saturated carbocycles. The Kier molecular flexibility index (Phi) is 5.32. The number of ether oxygens (including phenoxy) is 1. The third-order valence-corrected chi connectivity index (χ3v) is 5.31. The summed E-state index contributed by atoms with van der Waals surface area (Å²) < 4.78 is 46.0. The van der Waals surface area contributed by atoms with Crippen molar-refractivity contribution in [3.63, 3.8) is 0 Å². The van der Waals surface area contributed by atoms with Gasteiger partial charge in [0.1, 0.15) is 11.6 Å². The topological polar surface area (TPSA) is 67.4 Å². The van der Waals surface area contributed by atoms with Gasteiger partial charge in [-0.15, -0.1) is 0 Å². The van der Waals surface area contributed by atoms with Crippen molar-refractivity contribution in [3.8, 4) is 5.75 Å². The molecule has 27 heavy (non-hydrogen) atoms. The molecular weight excluding hydrogens is 367 g/mol. The molecule has 0 heterocycles. The van der Waals surface area contributed by atoms with Crippen LogP contribution in [0.3, 0.4) is 0 Å². The van der Waals surface area contributed by atoms with E-state index < -0.39 is 10.0 Å². The van der Waals surface area contributed by atoms with Crippen LogP contribution in [-0.2, 0) is 10.0 Å². The van der Waals surface area contributed by atoms with Crippen LogP contribution in [0, 0.1) is 12.7 Å². The molecule has 0 aliphatic rings. The highest BCUT2D eigenvalue weighted by Gasteiger charge is 2.15. The predicted molar refractivity (Wildman–Crippen MR) is 105 cm³/mol. The summed E-state index contributed by atoms with van der Waals surface area (Å²) in [4.78, 5) is 0.155. The average molecular weight is 386 g/mol. The van der Waals surface area contributed by atoms with Crippen molar-refractivity contribution >= 4 is 27.1 Å². The van der Waals surface area contributed by atoms with E-state index in [1.807, 2.05) is 0 Å². The molecular formula is C20H19FN2O3S. The zero-order valence-electron chi connectivity index (χ0n) is 14.9. The number of nitrogens with one attached hydrogen (secondary N) is 2. The Morgan fingerprint density at radius 1 is 0.889 bits per heavy atom. The van der Waals surface area contributed by atoms with Gasteiger partial charge in [0.05, 0.1) is 12.0 Å². The van der Waals surface area contributed by atoms with Gasteiger partial charge in [-0.05, 0) is 73.2 Å². The number of rotatable bonds is 6. The zero-order valence-corrected chi connectivity index (χ0v) is 15.7. The number of hydrogen-bond donors (Lipinski definition) is 2. The maximum atomic E-state index is 13.2. The summed E-state index contributed by atoms with van der Waals surface area (Å²) >= 11 is 0. The molecule has 2 N–H and O–H groups in total. The van der Waals surface area contributed by atoms with Gasteiger partial charge in [-0.1, -0.05) is 6.07 Å². The lowest BCUT2D eigenvalue weighted by molar-refractivity contribution is 0.411. The highest BCUT2D eigenvalue weighted by atomic mass is 32.2. The zero-order chi connectivity index (χ0) is 19.4. The van der Waals surface area contributed by atoms with Crippen molar-refractivity contribution in [2.75, 3.05) is 17.1 Å². The molecule has 0 saturated heterocycles. The Labute approximate surface area is 157 Å². The summed E-state index contributed by atoms with van der Waals surface area (Å²) in [6.45, 7) is 1.78. The Morgan fingerprint density at radius 3 is 2.22 bits per heavy atom. The van der Waals surface area contributed by atoms with Crippen molar-refractivity contribution < 1.29 is 17.5 Å². The lowest BCUT2D eigenvalue weighted by atomic mass is 10.2. The van der Waals surface area contributed by atoms with E-state index in [9.17, 15) is 12.8 Å². The molecule has 0 amide bonds. The Bertz CT molecular complexity index is 1050. The summed E-state index contributed by atoms with van der Waals surface area (Å²) in [6, 6.07) is 17.5. The quantitative estimate of drug-likeness (QED) is 0.645. The third-order valence-electron chi connectivity index (χ3n) is 3.93. The molecule has 7 heteroatoms. The minimum absolute atomic E-state index is 0.155. The van der Waals surface area contributed by atoms with E-state index in [2.05, 4.69) is 10.0 Å². The van der Waals surface area contributed by atoms with Crippen LogP contribution < -0.4 is 14.8 Å². The fourth-order valence-electron chi connectivity index (χ4n) is 2.59. The van der Waals surface area contributed by atoms with Crippen LogP contribution >= 0.6 is 0 Å².